The first-order valence-electron chi connectivity index (χ1n) is 13.7. The lowest BCUT2D eigenvalue weighted by Crippen LogP contribution is -2.55. The second-order valence-electron chi connectivity index (χ2n) is 11.2. The minimum atomic E-state index is -4.49. The number of ketones is 1. The number of nitrogens with two attached hydrogens (primary N) is 1. The Labute approximate surface area is 239 Å². The molecule has 42 heavy (non-hydrogen) atoms. The first kappa shape index (κ1) is 27.8. The van der Waals surface area contributed by atoms with E-state index in [9.17, 15) is 22.8 Å². The number of halogens is 3. The van der Waals surface area contributed by atoms with Gasteiger partial charge in [0.1, 0.15) is 22.9 Å². The van der Waals surface area contributed by atoms with Gasteiger partial charge in [0.05, 0.1) is 30.6 Å². The van der Waals surface area contributed by atoms with Gasteiger partial charge in [-0.25, -0.2) is 9.97 Å². The average Bonchev–Trinajstić information content (AvgIpc) is 3.36. The van der Waals surface area contributed by atoms with Crippen molar-refractivity contribution < 1.29 is 27.5 Å². The van der Waals surface area contributed by atoms with Crippen LogP contribution in [0.5, 0.6) is 0 Å². The molecular formula is C30H29F3N6O3. The molecule has 1 aromatic carbocycles. The minimum Gasteiger partial charge on any atom is -0.382 e. The molecule has 0 aliphatic carbocycles. The molecule has 2 saturated heterocycles. The molecule has 0 bridgehead atoms. The van der Waals surface area contributed by atoms with E-state index in [1.807, 2.05) is 22.4 Å². The van der Waals surface area contributed by atoms with Gasteiger partial charge in [-0.05, 0) is 31.9 Å². The van der Waals surface area contributed by atoms with Crippen LogP contribution in [0.4, 0.5) is 19.0 Å². The third kappa shape index (κ3) is 5.11. The Morgan fingerprint density at radius 2 is 1.88 bits per heavy atom. The molecule has 9 nitrogen and oxygen atoms in total. The highest BCUT2D eigenvalue weighted by atomic mass is 19.4. The number of fused-ring (bicyclic) bond motifs is 1. The third-order valence-electron chi connectivity index (χ3n) is 8.02. The number of benzene rings is 1. The number of carbonyl (C=O) groups excluding carboxylic acids is 2. The number of nitrogens with zero attached hydrogens (tertiary/aromatic N) is 5. The van der Waals surface area contributed by atoms with Crippen LogP contribution in [0.15, 0.2) is 55.0 Å². The molecule has 2 aliphatic heterocycles. The largest absolute Gasteiger partial charge is 0.417 e. The zero-order valence-electron chi connectivity index (χ0n) is 22.9. The highest BCUT2D eigenvalue weighted by Gasteiger charge is 2.45. The minimum absolute atomic E-state index is 0.00701. The van der Waals surface area contributed by atoms with Crippen LogP contribution in [0.25, 0.3) is 16.8 Å². The lowest BCUT2D eigenvalue weighted by Gasteiger charge is -2.42. The van der Waals surface area contributed by atoms with Crippen molar-refractivity contribution in [3.8, 4) is 11.3 Å². The van der Waals surface area contributed by atoms with Gasteiger partial charge in [-0.1, -0.05) is 24.3 Å². The molecule has 0 radical (unpaired) electrons. The second-order valence-corrected chi connectivity index (χ2v) is 11.2. The number of ether oxygens (including phenoxy) is 1. The number of aromatic nitrogens is 4. The van der Waals surface area contributed by atoms with Crippen LogP contribution in [-0.2, 0) is 22.1 Å². The molecule has 0 spiro atoms. The van der Waals surface area contributed by atoms with Crippen molar-refractivity contribution in [1.82, 2.24) is 24.3 Å². The number of alkyl halides is 3. The van der Waals surface area contributed by atoms with Gasteiger partial charge in [-0.15, -0.1) is 0 Å². The van der Waals surface area contributed by atoms with Crippen molar-refractivity contribution in [3.63, 3.8) is 0 Å². The second kappa shape index (κ2) is 10.5. The van der Waals surface area contributed by atoms with Crippen LogP contribution < -0.4 is 5.73 Å². The number of Topliss-reactive ketones (excluding diaryl/α,β-unsaturated/α-hetero) is 1. The molecular weight excluding hydrogens is 549 g/mol. The third-order valence-corrected chi connectivity index (χ3v) is 8.02. The van der Waals surface area contributed by atoms with Crippen LogP contribution in [0.2, 0.25) is 0 Å². The van der Waals surface area contributed by atoms with E-state index >= 15 is 0 Å². The summed E-state index contributed by atoms with van der Waals surface area (Å²) in [4.78, 5) is 41.0. The average molecular weight is 579 g/mol. The first-order valence-corrected chi connectivity index (χ1v) is 13.7. The fourth-order valence-electron chi connectivity index (χ4n) is 5.64. The van der Waals surface area contributed by atoms with E-state index < -0.39 is 17.2 Å². The van der Waals surface area contributed by atoms with Crippen LogP contribution in [0, 0.1) is 5.41 Å². The van der Waals surface area contributed by atoms with Gasteiger partial charge >= 0.3 is 6.18 Å². The molecule has 12 heteroatoms. The molecule has 6 rings (SSSR count). The van der Waals surface area contributed by atoms with Crippen LogP contribution in [0.3, 0.4) is 0 Å². The molecule has 1 amide bonds. The van der Waals surface area contributed by atoms with E-state index in [-0.39, 0.29) is 29.7 Å². The van der Waals surface area contributed by atoms with E-state index in [1.54, 1.807) is 30.5 Å². The molecule has 2 aliphatic rings. The summed E-state index contributed by atoms with van der Waals surface area (Å²) in [7, 11) is 0. The lowest BCUT2D eigenvalue weighted by atomic mass is 9.85. The van der Waals surface area contributed by atoms with Gasteiger partial charge in [-0.2, -0.15) is 13.2 Å². The summed E-state index contributed by atoms with van der Waals surface area (Å²) in [5.74, 6) is 0.917. The van der Waals surface area contributed by atoms with Crippen LogP contribution in [0.1, 0.15) is 53.1 Å². The van der Waals surface area contributed by atoms with Crippen LogP contribution >= 0.6 is 0 Å². The molecule has 3 aromatic heterocycles. The Morgan fingerprint density at radius 1 is 1.12 bits per heavy atom. The molecule has 0 unspecified atom stereocenters. The highest BCUT2D eigenvalue weighted by molar-refractivity contribution is 5.98. The molecule has 218 valence electrons. The monoisotopic (exact) mass is 578 g/mol. The molecule has 1 atom stereocenters. The number of likely N-dealkylation sites (tertiary alicyclic amines) is 1. The summed E-state index contributed by atoms with van der Waals surface area (Å²) < 4.78 is 45.7. The number of rotatable bonds is 6. The normalized spacial score (nSPS) is 18.6. The molecule has 2 N–H and O–H groups in total. The van der Waals surface area contributed by atoms with Crippen molar-refractivity contribution in [3.05, 3.63) is 77.6 Å². The van der Waals surface area contributed by atoms with Gasteiger partial charge < -0.3 is 15.4 Å². The maximum absolute atomic E-state index is 13.2. The summed E-state index contributed by atoms with van der Waals surface area (Å²) >= 11 is 0. The highest BCUT2D eigenvalue weighted by Crippen LogP contribution is 2.36. The van der Waals surface area contributed by atoms with E-state index in [1.165, 1.54) is 6.07 Å². The number of carbonyl (C=O) groups is 2. The predicted molar refractivity (Wildman–Crippen MR) is 148 cm³/mol. The number of imidazole rings is 1. The number of amides is 1. The fourth-order valence-corrected chi connectivity index (χ4v) is 5.64. The fraction of sp³-hybridized carbons (Fsp3) is 0.367. The maximum Gasteiger partial charge on any atom is 0.417 e. The van der Waals surface area contributed by atoms with Crippen molar-refractivity contribution in [1.29, 1.82) is 0 Å². The van der Waals surface area contributed by atoms with Crippen LogP contribution in [-0.4, -0.2) is 62.2 Å². The Balaban J connectivity index is 1.24. The smallest absolute Gasteiger partial charge is 0.382 e. The zero-order valence-corrected chi connectivity index (χ0v) is 22.9. The number of anilines is 1. The Hall–Kier alpha value is -4.32. The zero-order chi connectivity index (χ0) is 29.6. The molecule has 2 fully saturated rings. The Bertz CT molecular complexity index is 1650. The molecule has 4 aromatic rings. The van der Waals surface area contributed by atoms with Gasteiger partial charge in [0.2, 0.25) is 5.91 Å². The Kier molecular flexibility index (Phi) is 6.96. The van der Waals surface area contributed by atoms with Crippen molar-refractivity contribution in [2.75, 3.05) is 32.0 Å². The van der Waals surface area contributed by atoms with E-state index in [0.717, 1.165) is 36.5 Å². The summed E-state index contributed by atoms with van der Waals surface area (Å²) in [6.07, 6.45) is 1.26. The summed E-state index contributed by atoms with van der Waals surface area (Å²) in [5.41, 5.74) is 7.60. The summed E-state index contributed by atoms with van der Waals surface area (Å²) in [6.45, 7) is 4.05. The number of nitrogen functional groups attached to an aromatic ring is 1. The van der Waals surface area contributed by atoms with Gasteiger partial charge in [0.15, 0.2) is 5.78 Å². The predicted octanol–water partition coefficient (Wildman–Crippen LogP) is 4.56. The Morgan fingerprint density at radius 3 is 2.52 bits per heavy atom. The van der Waals surface area contributed by atoms with E-state index in [2.05, 4.69) is 9.97 Å². The van der Waals surface area contributed by atoms with Crippen molar-refractivity contribution >= 4 is 23.0 Å². The summed E-state index contributed by atoms with van der Waals surface area (Å²) in [5, 5.41) is 0. The standard InChI is InChI=1S/C30H29F3N6O3/c1-29(16-42-17-29)28(41)38-11-2-3-20(15-38)27-37-24(25-26(34)35-10-12-39(25)27)19-6-4-18(5-7-19)23(40)13-22-9-8-21(14-36-22)30(31,32)33/h4-10,12,14,20H,2-3,11,13,15-17H2,1H3,(H2,34,35)/t20-/m1/s1. The van der Waals surface area contributed by atoms with Gasteiger partial charge in [0, 0.05) is 54.4 Å². The number of hydrogen-bond donors (Lipinski definition) is 1. The van der Waals surface area contributed by atoms with Gasteiger partial charge in [0.25, 0.3) is 0 Å². The summed E-state index contributed by atoms with van der Waals surface area (Å²) in [6, 6.07) is 8.97. The van der Waals surface area contributed by atoms with E-state index in [4.69, 9.17) is 15.5 Å². The first-order chi connectivity index (χ1) is 20.0. The van der Waals surface area contributed by atoms with Gasteiger partial charge in [-0.3, -0.25) is 19.0 Å². The molecule has 5 heterocycles. The SMILES string of the molecule is CC1(C(=O)N2CCC[C@@H](c3nc(-c4ccc(C(=O)Cc5ccc(C(F)(F)F)cn5)cc4)c4c(N)nccn34)C2)COC1. The number of pyridine rings is 1. The number of piperidine rings is 1. The van der Waals surface area contributed by atoms with Crippen molar-refractivity contribution in [2.45, 2.75) is 38.3 Å². The molecule has 0 saturated carbocycles. The number of hydrogen-bond acceptors (Lipinski definition) is 7. The topological polar surface area (TPSA) is 116 Å². The van der Waals surface area contributed by atoms with E-state index in [0.29, 0.717) is 48.9 Å². The van der Waals surface area contributed by atoms with Crippen molar-refractivity contribution in [2.24, 2.45) is 5.41 Å². The maximum atomic E-state index is 13.2. The quantitative estimate of drug-likeness (QED) is 0.334. The lowest BCUT2D eigenvalue weighted by molar-refractivity contribution is -0.170.